The van der Waals surface area contributed by atoms with E-state index in [1.54, 1.807) is 0 Å². The maximum atomic E-state index is 12.6. The number of piperidine rings is 1. The van der Waals surface area contributed by atoms with Gasteiger partial charge in [-0.2, -0.15) is 0 Å². The number of hydrogen-bond donors (Lipinski definition) is 2. The summed E-state index contributed by atoms with van der Waals surface area (Å²) in [7, 11) is 0. The van der Waals surface area contributed by atoms with E-state index < -0.39 is 0 Å². The van der Waals surface area contributed by atoms with Gasteiger partial charge in [-0.15, -0.1) is 23.7 Å². The van der Waals surface area contributed by atoms with Gasteiger partial charge in [-0.1, -0.05) is 0 Å². The van der Waals surface area contributed by atoms with E-state index in [1.165, 1.54) is 11.3 Å². The monoisotopic (exact) mass is 398 g/mol. The Bertz CT molecular complexity index is 846. The first-order valence-electron chi connectivity index (χ1n) is 8.92. The molecule has 1 fully saturated rings. The smallest absolute Gasteiger partial charge is 0.259 e. The summed E-state index contributed by atoms with van der Waals surface area (Å²) in [6, 6.07) is 0.105. The molecule has 0 saturated carbocycles. The Kier molecular flexibility index (Phi) is 6.82. The second-order valence-corrected chi connectivity index (χ2v) is 8.19. The normalized spacial score (nSPS) is 18.6. The lowest BCUT2D eigenvalue weighted by molar-refractivity contribution is -0.135. The Morgan fingerprint density at radius 2 is 2.15 bits per heavy atom. The van der Waals surface area contributed by atoms with Crippen molar-refractivity contribution in [2.45, 2.75) is 65.0 Å². The highest BCUT2D eigenvalue weighted by Gasteiger charge is 2.28. The van der Waals surface area contributed by atoms with E-state index in [9.17, 15) is 9.59 Å². The first-order valence-corrected chi connectivity index (χ1v) is 9.74. The average Bonchev–Trinajstić information content (AvgIpc) is 2.87. The molecule has 2 aromatic rings. The minimum absolute atomic E-state index is 0. The number of hydrogen-bond acceptors (Lipinski definition) is 5. The van der Waals surface area contributed by atoms with Gasteiger partial charge in [-0.25, -0.2) is 4.98 Å². The van der Waals surface area contributed by atoms with Gasteiger partial charge in [-0.3, -0.25) is 9.59 Å². The highest BCUT2D eigenvalue weighted by molar-refractivity contribution is 7.18. The second-order valence-electron chi connectivity index (χ2n) is 6.99. The summed E-state index contributed by atoms with van der Waals surface area (Å²) in [4.78, 5) is 36.1. The number of carbonyl (C=O) groups excluding carboxylic acids is 1. The van der Waals surface area contributed by atoms with Crippen molar-refractivity contribution in [1.29, 1.82) is 0 Å². The van der Waals surface area contributed by atoms with E-state index in [-0.39, 0.29) is 36.0 Å². The molecule has 0 aromatic carbocycles. The number of thiophene rings is 1. The predicted octanol–water partition coefficient (Wildman–Crippen LogP) is 2.68. The Hall–Kier alpha value is -1.44. The largest absolute Gasteiger partial charge is 0.338 e. The summed E-state index contributed by atoms with van der Waals surface area (Å²) >= 11 is 1.53. The van der Waals surface area contributed by atoms with Crippen molar-refractivity contribution in [1.82, 2.24) is 14.9 Å². The van der Waals surface area contributed by atoms with Crippen molar-refractivity contribution < 1.29 is 4.79 Å². The van der Waals surface area contributed by atoms with Crippen LogP contribution in [0.15, 0.2) is 4.79 Å². The summed E-state index contributed by atoms with van der Waals surface area (Å²) in [6.45, 7) is 6.68. The average molecular weight is 399 g/mol. The molecule has 1 aliphatic rings. The molecule has 3 heterocycles. The van der Waals surface area contributed by atoms with Gasteiger partial charge in [0.25, 0.3) is 5.56 Å². The number of aryl methyl sites for hydroxylation is 3. The van der Waals surface area contributed by atoms with Gasteiger partial charge in [0.2, 0.25) is 5.91 Å². The van der Waals surface area contributed by atoms with Crippen LogP contribution in [-0.4, -0.2) is 39.4 Å². The molecule has 0 aliphatic carbocycles. The fourth-order valence-corrected chi connectivity index (χ4v) is 4.65. The van der Waals surface area contributed by atoms with E-state index in [0.717, 1.165) is 41.1 Å². The van der Waals surface area contributed by atoms with Crippen LogP contribution in [0.25, 0.3) is 10.2 Å². The summed E-state index contributed by atoms with van der Waals surface area (Å²) in [5, 5.41) is 0.672. The molecule has 6 nitrogen and oxygen atoms in total. The Morgan fingerprint density at radius 3 is 2.85 bits per heavy atom. The number of nitrogens with one attached hydrogen (secondary N) is 1. The molecular weight excluding hydrogens is 372 g/mol. The molecule has 3 N–H and O–H groups in total. The molecule has 1 aliphatic heterocycles. The molecule has 1 saturated heterocycles. The predicted molar refractivity (Wildman–Crippen MR) is 108 cm³/mol. The number of likely N-dealkylation sites (tertiary alicyclic amines) is 1. The number of nitrogens with two attached hydrogens (primary N) is 1. The topological polar surface area (TPSA) is 92.1 Å². The minimum atomic E-state index is -0.110. The SMILES string of the molecule is Cc1sc2nc(CCC(=O)N3CCCCC3C(C)N)[nH]c(=O)c2c1C.Cl. The molecule has 1 amide bonds. The van der Waals surface area contributed by atoms with E-state index in [4.69, 9.17) is 5.73 Å². The van der Waals surface area contributed by atoms with E-state index in [1.807, 2.05) is 25.7 Å². The van der Waals surface area contributed by atoms with Crippen molar-refractivity contribution in [3.63, 3.8) is 0 Å². The highest BCUT2D eigenvalue weighted by Crippen LogP contribution is 2.26. The zero-order valence-corrected chi connectivity index (χ0v) is 17.1. The number of fused-ring (bicyclic) bond motifs is 1. The first kappa shape index (κ1) is 20.9. The molecule has 26 heavy (non-hydrogen) atoms. The van der Waals surface area contributed by atoms with Crippen molar-refractivity contribution in [3.05, 3.63) is 26.6 Å². The number of nitrogens with zero attached hydrogens (tertiary/aromatic N) is 2. The summed E-state index contributed by atoms with van der Waals surface area (Å²) < 4.78 is 0. The van der Waals surface area contributed by atoms with Gasteiger partial charge in [-0.05, 0) is 45.6 Å². The van der Waals surface area contributed by atoms with Gasteiger partial charge in [0.05, 0.1) is 5.39 Å². The van der Waals surface area contributed by atoms with Crippen LogP contribution in [0.3, 0.4) is 0 Å². The molecule has 0 radical (unpaired) electrons. The van der Waals surface area contributed by atoms with Crippen LogP contribution in [0.2, 0.25) is 0 Å². The first-order chi connectivity index (χ1) is 11.9. The van der Waals surface area contributed by atoms with Crippen LogP contribution in [0.1, 0.15) is 48.9 Å². The van der Waals surface area contributed by atoms with E-state index in [2.05, 4.69) is 9.97 Å². The second kappa shape index (κ2) is 8.50. The third-order valence-corrected chi connectivity index (χ3v) is 6.24. The third-order valence-electron chi connectivity index (χ3n) is 5.14. The Morgan fingerprint density at radius 1 is 1.42 bits per heavy atom. The molecule has 2 unspecified atom stereocenters. The minimum Gasteiger partial charge on any atom is -0.338 e. The number of rotatable bonds is 4. The number of amides is 1. The standard InChI is InChI=1S/C18H26N4O2S.ClH/c1-10-12(3)25-18-16(10)17(24)20-14(21-18)7-8-15(23)22-9-5-4-6-13(22)11(2)19;/h11,13H,4-9,19H2,1-3H3,(H,20,21,24);1H. The highest BCUT2D eigenvalue weighted by atomic mass is 35.5. The molecule has 3 rings (SSSR count). The van der Waals surface area contributed by atoms with Crippen LogP contribution < -0.4 is 11.3 Å². The van der Waals surface area contributed by atoms with Crippen LogP contribution >= 0.6 is 23.7 Å². The number of aromatic nitrogens is 2. The molecule has 8 heteroatoms. The number of halogens is 1. The van der Waals surface area contributed by atoms with Crippen molar-refractivity contribution in [2.24, 2.45) is 5.73 Å². The van der Waals surface area contributed by atoms with E-state index in [0.29, 0.717) is 24.1 Å². The van der Waals surface area contributed by atoms with Crippen LogP contribution in [0, 0.1) is 13.8 Å². The Labute approximate surface area is 163 Å². The maximum Gasteiger partial charge on any atom is 0.259 e. The van der Waals surface area contributed by atoms with Crippen molar-refractivity contribution in [2.75, 3.05) is 6.54 Å². The van der Waals surface area contributed by atoms with Gasteiger partial charge < -0.3 is 15.6 Å². The van der Waals surface area contributed by atoms with Gasteiger partial charge in [0, 0.05) is 36.3 Å². The van der Waals surface area contributed by atoms with Crippen molar-refractivity contribution in [3.8, 4) is 0 Å². The van der Waals surface area contributed by atoms with Gasteiger partial charge >= 0.3 is 0 Å². The quantitative estimate of drug-likeness (QED) is 0.828. The number of H-pyrrole nitrogens is 1. The molecule has 2 atom stereocenters. The maximum absolute atomic E-state index is 12.6. The summed E-state index contributed by atoms with van der Waals surface area (Å²) in [5.41, 5.74) is 6.93. The zero-order valence-electron chi connectivity index (χ0n) is 15.5. The molecule has 0 bridgehead atoms. The fraction of sp³-hybridized carbons (Fsp3) is 0.611. The lowest BCUT2D eigenvalue weighted by Gasteiger charge is -2.38. The molecule has 0 spiro atoms. The number of aromatic amines is 1. The molecular formula is C18H27ClN4O2S. The van der Waals surface area contributed by atoms with Crippen molar-refractivity contribution >= 4 is 39.9 Å². The lowest BCUT2D eigenvalue weighted by Crippen LogP contribution is -2.51. The van der Waals surface area contributed by atoms with Crippen LogP contribution in [0.4, 0.5) is 0 Å². The lowest BCUT2D eigenvalue weighted by atomic mass is 9.96. The van der Waals surface area contributed by atoms with Crippen LogP contribution in [0.5, 0.6) is 0 Å². The number of carbonyl (C=O) groups is 1. The Balaban J connectivity index is 0.00000243. The molecule has 2 aromatic heterocycles. The van der Waals surface area contributed by atoms with Crippen LogP contribution in [-0.2, 0) is 11.2 Å². The fourth-order valence-electron chi connectivity index (χ4n) is 3.60. The van der Waals surface area contributed by atoms with E-state index >= 15 is 0 Å². The summed E-state index contributed by atoms with van der Waals surface area (Å²) in [5.74, 6) is 0.685. The zero-order chi connectivity index (χ0) is 18.1. The third kappa shape index (κ3) is 4.10. The van der Waals surface area contributed by atoms with Gasteiger partial charge in [0.15, 0.2) is 0 Å². The summed E-state index contributed by atoms with van der Waals surface area (Å²) in [6.07, 6.45) is 3.92. The molecule has 144 valence electrons. The van der Waals surface area contributed by atoms with Gasteiger partial charge in [0.1, 0.15) is 10.7 Å².